The molecule has 0 radical (unpaired) electrons. The normalized spacial score (nSPS) is 18.3. The molecular formula is C25H31N3O5S. The van der Waals surface area contributed by atoms with Crippen molar-refractivity contribution in [2.75, 3.05) is 41.3 Å². The van der Waals surface area contributed by atoms with E-state index in [9.17, 15) is 23.1 Å². The molecule has 8 nitrogen and oxygen atoms in total. The Morgan fingerprint density at radius 2 is 1.56 bits per heavy atom. The minimum absolute atomic E-state index is 0.00178. The minimum atomic E-state index is -3.64. The van der Waals surface area contributed by atoms with Crippen molar-refractivity contribution >= 4 is 27.5 Å². The van der Waals surface area contributed by atoms with Crippen molar-refractivity contribution in [1.82, 2.24) is 14.1 Å². The van der Waals surface area contributed by atoms with Gasteiger partial charge in [-0.1, -0.05) is 29.8 Å². The van der Waals surface area contributed by atoms with E-state index in [0.29, 0.717) is 13.0 Å². The molecule has 0 saturated carbocycles. The van der Waals surface area contributed by atoms with Crippen molar-refractivity contribution in [3.8, 4) is 0 Å². The molecule has 1 aliphatic heterocycles. The fourth-order valence-corrected chi connectivity index (χ4v) is 4.82. The zero-order valence-corrected chi connectivity index (χ0v) is 21.0. The van der Waals surface area contributed by atoms with Crippen LogP contribution in [0.4, 0.5) is 0 Å². The van der Waals surface area contributed by atoms with Crippen LogP contribution in [0.5, 0.6) is 0 Å². The van der Waals surface area contributed by atoms with Gasteiger partial charge in [-0.15, -0.1) is 0 Å². The maximum absolute atomic E-state index is 13.1. The van der Waals surface area contributed by atoms with Gasteiger partial charge in [-0.3, -0.25) is 9.59 Å². The molecule has 3 rings (SSSR count). The van der Waals surface area contributed by atoms with E-state index in [1.54, 1.807) is 0 Å². The Bertz CT molecular complexity index is 1200. The van der Waals surface area contributed by atoms with Crippen molar-refractivity contribution in [3.63, 3.8) is 0 Å². The van der Waals surface area contributed by atoms with E-state index in [-0.39, 0.29) is 21.8 Å². The lowest BCUT2D eigenvalue weighted by Gasteiger charge is -2.26. The average molecular weight is 486 g/mol. The van der Waals surface area contributed by atoms with E-state index in [1.165, 1.54) is 43.3 Å². The van der Waals surface area contributed by atoms with Gasteiger partial charge in [0, 0.05) is 26.2 Å². The van der Waals surface area contributed by atoms with Crippen molar-refractivity contribution in [2.24, 2.45) is 0 Å². The quantitative estimate of drug-likeness (QED) is 0.351. The molecule has 1 atom stereocenters. The van der Waals surface area contributed by atoms with Gasteiger partial charge in [0.25, 0.3) is 11.7 Å². The first-order valence-electron chi connectivity index (χ1n) is 11.0. The number of carbonyl (C=O) groups is 2. The SMILES string of the molecule is Cc1ccc([C@H]2C(=C(O)c3ccc(S(=O)(=O)N(C)C)cc3)C(=O)C(=O)N2CCCN(C)C)cc1. The van der Waals surface area contributed by atoms with Gasteiger partial charge < -0.3 is 14.9 Å². The predicted molar refractivity (Wildman–Crippen MR) is 131 cm³/mol. The van der Waals surface area contributed by atoms with Gasteiger partial charge in [0.1, 0.15) is 5.76 Å². The van der Waals surface area contributed by atoms with Crippen LogP contribution in [-0.4, -0.2) is 80.6 Å². The second kappa shape index (κ2) is 10.1. The third kappa shape index (κ3) is 5.06. The lowest BCUT2D eigenvalue weighted by atomic mass is 9.94. The van der Waals surface area contributed by atoms with Crippen LogP contribution in [0.15, 0.2) is 59.0 Å². The molecule has 1 N–H and O–H groups in total. The van der Waals surface area contributed by atoms with Gasteiger partial charge in [-0.05, 0) is 63.8 Å². The number of ketones is 1. The molecule has 34 heavy (non-hydrogen) atoms. The molecule has 2 aromatic carbocycles. The first kappa shape index (κ1) is 25.6. The van der Waals surface area contributed by atoms with E-state index in [4.69, 9.17) is 0 Å². The summed E-state index contributed by atoms with van der Waals surface area (Å²) >= 11 is 0. The fourth-order valence-electron chi connectivity index (χ4n) is 3.91. The number of aryl methyl sites for hydroxylation is 1. The molecule has 1 aliphatic rings. The van der Waals surface area contributed by atoms with Crippen LogP contribution in [0, 0.1) is 6.92 Å². The number of aliphatic hydroxyl groups is 1. The highest BCUT2D eigenvalue weighted by molar-refractivity contribution is 7.89. The Hall–Kier alpha value is -3.01. The van der Waals surface area contributed by atoms with Crippen LogP contribution in [0.1, 0.15) is 29.2 Å². The summed E-state index contributed by atoms with van der Waals surface area (Å²) in [5.74, 6) is -1.73. The molecule has 9 heteroatoms. The van der Waals surface area contributed by atoms with Crippen molar-refractivity contribution in [3.05, 3.63) is 70.8 Å². The third-order valence-electron chi connectivity index (χ3n) is 5.84. The van der Waals surface area contributed by atoms with Crippen LogP contribution >= 0.6 is 0 Å². The van der Waals surface area contributed by atoms with Gasteiger partial charge in [0.05, 0.1) is 16.5 Å². The lowest BCUT2D eigenvalue weighted by Crippen LogP contribution is -2.32. The van der Waals surface area contributed by atoms with Crippen LogP contribution in [0.25, 0.3) is 5.76 Å². The molecule has 0 bridgehead atoms. The average Bonchev–Trinajstić information content (AvgIpc) is 3.04. The highest BCUT2D eigenvalue weighted by atomic mass is 32.2. The standard InChI is InChI=1S/C25H31N3O5S/c1-17-7-9-18(10-8-17)22-21(24(30)25(31)28(22)16-6-15-26(2)3)23(29)19-11-13-20(14-12-19)34(32,33)27(4)5/h7-14,22,29H,6,15-16H2,1-5H3/t22-/m0/s1. The maximum Gasteiger partial charge on any atom is 0.295 e. The van der Waals surface area contributed by atoms with Crippen LogP contribution < -0.4 is 0 Å². The van der Waals surface area contributed by atoms with E-state index >= 15 is 0 Å². The van der Waals surface area contributed by atoms with Gasteiger partial charge >= 0.3 is 0 Å². The zero-order valence-electron chi connectivity index (χ0n) is 20.1. The highest BCUT2D eigenvalue weighted by Crippen LogP contribution is 2.39. The number of likely N-dealkylation sites (tertiary alicyclic amines) is 1. The van der Waals surface area contributed by atoms with Gasteiger partial charge in [0.15, 0.2) is 0 Å². The molecule has 1 saturated heterocycles. The van der Waals surface area contributed by atoms with E-state index in [0.717, 1.165) is 22.0 Å². The van der Waals surface area contributed by atoms with E-state index < -0.39 is 27.8 Å². The van der Waals surface area contributed by atoms with E-state index in [2.05, 4.69) is 0 Å². The second-order valence-corrected chi connectivity index (χ2v) is 11.0. The zero-order chi connectivity index (χ0) is 25.2. The molecule has 0 unspecified atom stereocenters. The molecule has 1 fully saturated rings. The Morgan fingerprint density at radius 1 is 0.971 bits per heavy atom. The number of sulfonamides is 1. The number of aliphatic hydroxyl groups excluding tert-OH is 1. The Morgan fingerprint density at radius 3 is 2.09 bits per heavy atom. The summed E-state index contributed by atoms with van der Waals surface area (Å²) in [4.78, 5) is 29.6. The minimum Gasteiger partial charge on any atom is -0.507 e. The molecule has 1 amide bonds. The molecule has 182 valence electrons. The van der Waals surface area contributed by atoms with Crippen LogP contribution in [-0.2, 0) is 19.6 Å². The summed E-state index contributed by atoms with van der Waals surface area (Å²) < 4.78 is 25.8. The second-order valence-electron chi connectivity index (χ2n) is 8.87. The number of nitrogens with zero attached hydrogens (tertiary/aromatic N) is 3. The third-order valence-corrected chi connectivity index (χ3v) is 7.67. The first-order chi connectivity index (χ1) is 15.9. The number of carbonyl (C=O) groups excluding carboxylic acids is 2. The van der Waals surface area contributed by atoms with Crippen molar-refractivity contribution < 1.29 is 23.1 Å². The monoisotopic (exact) mass is 485 g/mol. The number of Topliss-reactive ketones (excluding diaryl/α,β-unsaturated/α-hetero) is 1. The van der Waals surface area contributed by atoms with Crippen LogP contribution in [0.3, 0.4) is 0 Å². The fraction of sp³-hybridized carbons (Fsp3) is 0.360. The summed E-state index contributed by atoms with van der Waals surface area (Å²) in [5.41, 5.74) is 2.03. The summed E-state index contributed by atoms with van der Waals surface area (Å²) in [6.07, 6.45) is 0.666. The Balaban J connectivity index is 2.08. The number of hydrogen-bond acceptors (Lipinski definition) is 6. The maximum atomic E-state index is 13.1. The smallest absolute Gasteiger partial charge is 0.295 e. The predicted octanol–water partition coefficient (Wildman–Crippen LogP) is 2.62. The molecule has 0 aromatic heterocycles. The van der Waals surface area contributed by atoms with Gasteiger partial charge in [-0.25, -0.2) is 12.7 Å². The van der Waals surface area contributed by atoms with Crippen molar-refractivity contribution in [1.29, 1.82) is 0 Å². The molecule has 2 aromatic rings. The number of amides is 1. The van der Waals surface area contributed by atoms with Gasteiger partial charge in [0.2, 0.25) is 10.0 Å². The van der Waals surface area contributed by atoms with Crippen LogP contribution in [0.2, 0.25) is 0 Å². The molecular weight excluding hydrogens is 454 g/mol. The first-order valence-corrected chi connectivity index (χ1v) is 12.4. The van der Waals surface area contributed by atoms with Crippen molar-refractivity contribution in [2.45, 2.75) is 24.3 Å². The molecule has 1 heterocycles. The highest BCUT2D eigenvalue weighted by Gasteiger charge is 2.45. The summed E-state index contributed by atoms with van der Waals surface area (Å²) in [5, 5.41) is 11.1. The Kier molecular flexibility index (Phi) is 7.60. The summed E-state index contributed by atoms with van der Waals surface area (Å²) in [6.45, 7) is 3.05. The Labute approximate surface area is 201 Å². The number of hydrogen-bond donors (Lipinski definition) is 1. The topological polar surface area (TPSA) is 98.2 Å². The van der Waals surface area contributed by atoms with Gasteiger partial charge in [-0.2, -0.15) is 0 Å². The largest absolute Gasteiger partial charge is 0.507 e. The molecule has 0 spiro atoms. The number of benzene rings is 2. The number of rotatable bonds is 8. The summed E-state index contributed by atoms with van der Waals surface area (Å²) in [6, 6.07) is 12.4. The lowest BCUT2D eigenvalue weighted by molar-refractivity contribution is -0.139. The molecule has 0 aliphatic carbocycles. The van der Waals surface area contributed by atoms with E-state index in [1.807, 2.05) is 50.2 Å². The summed E-state index contributed by atoms with van der Waals surface area (Å²) in [7, 11) is 3.10.